The van der Waals surface area contributed by atoms with Crippen molar-refractivity contribution in [3.05, 3.63) is 208 Å². The number of rotatable bonds is 22. The van der Waals surface area contributed by atoms with Crippen LogP contribution in [0.2, 0.25) is 30.1 Å². The van der Waals surface area contributed by atoms with Crippen molar-refractivity contribution in [3.63, 3.8) is 0 Å². The maximum atomic E-state index is 14.6. The first-order valence-electron chi connectivity index (χ1n) is 45.1. The van der Waals surface area contributed by atoms with E-state index in [1.807, 2.05) is 130 Å². The third-order valence-electron chi connectivity index (χ3n) is 24.5. The number of carboxylic acids is 2. The number of esters is 1. The number of nitrogens with one attached hydrogen (secondary N) is 1. The van der Waals surface area contributed by atoms with Crippen LogP contribution in [0.15, 0.2) is 142 Å². The summed E-state index contributed by atoms with van der Waals surface area (Å²) in [5.41, 5.74) is 2.06. The Kier molecular flexibility index (Phi) is 36.4. The number of carboxylic acid groups (broad SMARTS) is 2. The molecule has 0 saturated carbocycles. The number of hydrogen-bond donors (Lipinski definition) is 3. The van der Waals surface area contributed by atoms with Crippen LogP contribution in [-0.2, 0) is 38.3 Å². The van der Waals surface area contributed by atoms with Gasteiger partial charge in [0.05, 0.1) is 41.8 Å². The van der Waals surface area contributed by atoms with Crippen molar-refractivity contribution in [1.82, 2.24) is 34.7 Å². The van der Waals surface area contributed by atoms with Gasteiger partial charge in [-0.05, 0) is 176 Å². The Morgan fingerprint density at radius 1 is 0.398 bits per heavy atom. The number of piperidine rings is 3. The summed E-state index contributed by atoms with van der Waals surface area (Å²) in [7, 11) is 0. The van der Waals surface area contributed by atoms with E-state index in [1.165, 1.54) is 0 Å². The molecule has 0 aliphatic carbocycles. The maximum Gasteiger partial charge on any atom is 1.00 e. The number of benzene rings is 6. The van der Waals surface area contributed by atoms with Crippen molar-refractivity contribution in [2.45, 2.75) is 263 Å². The molecule has 4 N–H and O–H groups in total. The van der Waals surface area contributed by atoms with Gasteiger partial charge in [-0.25, -0.2) is 9.59 Å². The third kappa shape index (κ3) is 27.8. The SMILES string of the molecule is CC(C)(C)CC[C@H](c1ccc(C(=O)NCCC(=O)O)cc1)N1C(=O)C(c2cc(Cl)cc(Cl)c2)=NC12CCN(C(=O)C(C)(C)C)CC2.CC(C)(C)CC[C@H](c1ccc(C(=O)O)cc1)N1C(=O)C(c2cc(Cl)cc(Cl)c2)=NC12CCN(C(=O)C(C)(C)C)CC2.CC(C)OC(=O)c1ccc([C@@H](CCC(C)(C)C)N2C(=O)C(c3cc(Cl)cc(Cl)c3)=NC23CCN(C(=O)C(C)(C)C)CC3)cc1.[Na+].[OH-]. The summed E-state index contributed by atoms with van der Waals surface area (Å²) in [6, 6.07) is 35.3. The number of aliphatic imine (C=N–C) groups is 3. The van der Waals surface area contributed by atoms with E-state index < -0.39 is 45.2 Å². The smallest absolute Gasteiger partial charge is 0.870 e. The van der Waals surface area contributed by atoms with Gasteiger partial charge in [-0.3, -0.25) is 53.3 Å². The first-order chi connectivity index (χ1) is 60.8. The number of halogens is 6. The van der Waals surface area contributed by atoms with Crippen LogP contribution in [0.4, 0.5) is 0 Å². The number of carbonyl (C=O) groups excluding carboxylic acids is 8. The average molecular weight is 1950 g/mol. The summed E-state index contributed by atoms with van der Waals surface area (Å²) in [6.07, 6.45) is 6.99. The van der Waals surface area contributed by atoms with Crippen molar-refractivity contribution in [3.8, 4) is 0 Å². The topological polar surface area (TPSA) is 319 Å². The minimum atomic E-state index is -1.00. The largest absolute Gasteiger partial charge is 1.00 e. The summed E-state index contributed by atoms with van der Waals surface area (Å²) in [5.74, 6) is -3.18. The number of aliphatic carboxylic acids is 1. The Bertz CT molecular complexity index is 5310. The monoisotopic (exact) mass is 1950 g/mol. The fraction of sp³-hybridized carbons (Fsp3) is 0.520. The molecule has 3 spiro atoms. The van der Waals surface area contributed by atoms with Gasteiger partial charge >= 0.3 is 47.5 Å². The zero-order chi connectivity index (χ0) is 97.0. The number of ether oxygens (including phenoxy) is 1. The molecule has 0 aromatic heterocycles. The van der Waals surface area contributed by atoms with Gasteiger partial charge in [0, 0.05) is 153 Å². The summed E-state index contributed by atoms with van der Waals surface area (Å²) >= 11 is 38.1. The molecular formula is C102H129Cl6N10NaO14. The van der Waals surface area contributed by atoms with Gasteiger partial charge in [-0.2, -0.15) is 0 Å². The molecule has 6 aromatic rings. The molecule has 0 bridgehead atoms. The Labute approximate surface area is 836 Å². The van der Waals surface area contributed by atoms with Crippen LogP contribution in [0.3, 0.4) is 0 Å². The van der Waals surface area contributed by atoms with Crippen molar-refractivity contribution in [1.29, 1.82) is 0 Å². The normalized spacial score (nSPS) is 17.4. The Morgan fingerprint density at radius 2 is 0.647 bits per heavy atom. The molecule has 3 saturated heterocycles. The summed E-state index contributed by atoms with van der Waals surface area (Å²) < 4.78 is 5.40. The zero-order valence-corrected chi connectivity index (χ0v) is 87.2. The standard InChI is InChI=1S/C35H44Cl2N4O5.C35H45Cl2N3O4.C32H39Cl2N3O4.Na.H2O/c1-33(2,3)13-11-27(22-7-9-23(10-8-22)30(44)38-16-12-28(42)43)41-31(45)29(24-19-25(36)21-26(37)20-24)39-35(41)14-17-40(18-15-35)32(46)34(4,5)6;1-22(2)44-31(42)24-11-9-23(10-12-24)28(13-14-33(3,4)5)40-30(41)29(25-19-26(36)21-27(37)20-25)38-35(40)15-17-39(18-16-35)32(43)34(6,7)8;1-30(2,3)12-11-25(20-7-9-21(10-8-20)28(39)40)37-27(38)26(22-17-23(33)19-24(34)18-22)35-32(37)13-15-36(16-14-32)29(41)31(4,5)6;;/h7-10,19-21,27H,11-18H2,1-6H3,(H,38,44)(H,42,43);9-12,19-22,28H,13-18H2,1-8H3;7-10,17-19,25H,11-16H2,1-6H3,(H,39,40);;1H2/q;;;+1;/p-1/t27-;28-;25-;;/m111../s1. The fourth-order valence-electron chi connectivity index (χ4n) is 17.7. The minimum Gasteiger partial charge on any atom is -0.870 e. The molecule has 7 amide bonds. The quantitative estimate of drug-likeness (QED) is 0.0420. The average Bonchev–Trinajstić information content (AvgIpc) is 1.59. The molecule has 6 aliphatic rings. The predicted molar refractivity (Wildman–Crippen MR) is 521 cm³/mol. The van der Waals surface area contributed by atoms with Gasteiger partial charge in [0.1, 0.15) is 34.1 Å². The molecular weight excluding hydrogens is 1820 g/mol. The first-order valence-corrected chi connectivity index (χ1v) is 47.4. The molecule has 6 heterocycles. The van der Waals surface area contributed by atoms with Crippen LogP contribution in [0.5, 0.6) is 0 Å². The summed E-state index contributed by atoms with van der Waals surface area (Å²) in [4.78, 5) is 158. The van der Waals surface area contributed by atoms with Crippen LogP contribution in [0, 0.1) is 32.5 Å². The van der Waals surface area contributed by atoms with E-state index in [2.05, 4.69) is 67.6 Å². The molecule has 6 aromatic carbocycles. The van der Waals surface area contributed by atoms with Gasteiger partial charge in [0.2, 0.25) is 17.7 Å². The molecule has 3 atom stereocenters. The third-order valence-corrected chi connectivity index (χ3v) is 25.8. The van der Waals surface area contributed by atoms with Crippen molar-refractivity contribution >= 4 is 146 Å². The van der Waals surface area contributed by atoms with E-state index in [0.717, 1.165) is 36.0 Å². The second kappa shape index (κ2) is 44.0. The molecule has 0 radical (unpaired) electrons. The second-order valence-electron chi connectivity index (χ2n) is 42.3. The van der Waals surface area contributed by atoms with E-state index in [0.29, 0.717) is 166 Å². The van der Waals surface area contributed by atoms with Crippen molar-refractivity contribution in [2.24, 2.45) is 47.5 Å². The van der Waals surface area contributed by atoms with Gasteiger partial charge in [-0.15, -0.1) is 0 Å². The number of nitrogens with zero attached hydrogens (tertiary/aromatic N) is 9. The van der Waals surface area contributed by atoms with Crippen LogP contribution in [-0.4, -0.2) is 190 Å². The van der Waals surface area contributed by atoms with Crippen molar-refractivity contribution in [2.75, 3.05) is 45.8 Å². The van der Waals surface area contributed by atoms with Crippen LogP contribution in [0.25, 0.3) is 0 Å². The molecule has 31 heteroatoms. The van der Waals surface area contributed by atoms with E-state index in [4.69, 9.17) is 94.4 Å². The Balaban J connectivity index is 0.000000244. The Morgan fingerprint density at radius 3 is 0.872 bits per heavy atom. The maximum absolute atomic E-state index is 14.6. The first kappa shape index (κ1) is 110. The summed E-state index contributed by atoms with van der Waals surface area (Å²) in [6.45, 7) is 43.2. The summed E-state index contributed by atoms with van der Waals surface area (Å²) in [5, 5.41) is 23.5. The van der Waals surface area contributed by atoms with Gasteiger partial charge < -0.3 is 55.1 Å². The molecule has 714 valence electrons. The van der Waals surface area contributed by atoms with Crippen LogP contribution < -0.4 is 34.9 Å². The minimum absolute atomic E-state index is 0. The molecule has 133 heavy (non-hydrogen) atoms. The molecule has 0 unspecified atom stereocenters. The number of aromatic carboxylic acids is 1. The van der Waals surface area contributed by atoms with E-state index in [1.54, 1.807) is 103 Å². The zero-order valence-electron chi connectivity index (χ0n) is 80.7. The Hall–Kier alpha value is -8.27. The fourth-order valence-corrected chi connectivity index (χ4v) is 19.3. The van der Waals surface area contributed by atoms with Gasteiger partial charge in [0.25, 0.3) is 23.6 Å². The van der Waals surface area contributed by atoms with E-state index >= 15 is 0 Å². The van der Waals surface area contributed by atoms with Gasteiger partial charge in [-0.1, -0.05) is 231 Å². The molecule has 6 aliphatic heterocycles. The molecule has 3 fully saturated rings. The number of carbonyl (C=O) groups is 10. The molecule has 12 rings (SSSR count). The predicted octanol–water partition coefficient (Wildman–Crippen LogP) is 19.0. The number of likely N-dealkylation sites (tertiary alicyclic amines) is 3. The number of hydrogen-bond acceptors (Lipinski definition) is 15. The van der Waals surface area contributed by atoms with Gasteiger partial charge in [0.15, 0.2) is 0 Å². The van der Waals surface area contributed by atoms with Crippen LogP contribution >= 0.6 is 69.6 Å². The van der Waals surface area contributed by atoms with E-state index in [9.17, 15) is 53.1 Å². The molecule has 24 nitrogen and oxygen atoms in total. The second-order valence-corrected chi connectivity index (χ2v) is 44.9. The number of amides is 7. The van der Waals surface area contributed by atoms with Crippen molar-refractivity contribution < 1.29 is 97.9 Å². The van der Waals surface area contributed by atoms with Crippen LogP contribution in [0.1, 0.15) is 305 Å². The van der Waals surface area contributed by atoms with E-state index in [-0.39, 0.29) is 147 Å².